The third-order valence-corrected chi connectivity index (χ3v) is 3.62. The van der Waals surface area contributed by atoms with Crippen molar-refractivity contribution in [3.05, 3.63) is 0 Å². The topological polar surface area (TPSA) is 95.9 Å². The molecule has 0 spiro atoms. The average Bonchev–Trinajstić information content (AvgIpc) is 2.42. The largest absolute Gasteiger partial charge is 0.480 e. The standard InChI is InChI=1S/C14H24N2O5/c1-14(2,3)10(11(17)18)15-13(20)16-8-6-5-7-9(16)12(19)21-4/h9-10H,5-8H2,1-4H3,(H,15,20)(H,17,18)/t9?,10-/m1/s1. The summed E-state index contributed by atoms with van der Waals surface area (Å²) >= 11 is 0. The molecule has 0 aromatic rings. The van der Waals surface area contributed by atoms with Gasteiger partial charge in [-0.05, 0) is 24.7 Å². The number of esters is 1. The second-order valence-corrected chi connectivity index (χ2v) is 6.31. The molecule has 1 unspecified atom stereocenters. The smallest absolute Gasteiger partial charge is 0.328 e. The molecule has 1 aliphatic heterocycles. The second-order valence-electron chi connectivity index (χ2n) is 6.31. The molecule has 7 nitrogen and oxygen atoms in total. The molecule has 120 valence electrons. The fourth-order valence-corrected chi connectivity index (χ4v) is 2.41. The van der Waals surface area contributed by atoms with E-state index in [1.54, 1.807) is 20.8 Å². The van der Waals surface area contributed by atoms with E-state index in [-0.39, 0.29) is 0 Å². The molecule has 2 N–H and O–H groups in total. The predicted molar refractivity (Wildman–Crippen MR) is 75.8 cm³/mol. The van der Waals surface area contributed by atoms with Crippen LogP contribution in [0.3, 0.4) is 0 Å². The highest BCUT2D eigenvalue weighted by atomic mass is 16.5. The molecule has 0 aliphatic carbocycles. The molecular weight excluding hydrogens is 276 g/mol. The van der Waals surface area contributed by atoms with Crippen molar-refractivity contribution in [3.8, 4) is 0 Å². The number of nitrogens with zero attached hydrogens (tertiary/aromatic N) is 1. The summed E-state index contributed by atoms with van der Waals surface area (Å²) in [4.78, 5) is 36.8. The van der Waals surface area contributed by atoms with E-state index in [1.165, 1.54) is 12.0 Å². The number of carboxylic acid groups (broad SMARTS) is 1. The summed E-state index contributed by atoms with van der Waals surface area (Å²) in [6.45, 7) is 5.63. The molecule has 7 heteroatoms. The summed E-state index contributed by atoms with van der Waals surface area (Å²) in [6, 6.07) is -2.20. The zero-order valence-electron chi connectivity index (χ0n) is 13.0. The van der Waals surface area contributed by atoms with Gasteiger partial charge in [-0.3, -0.25) is 0 Å². The first-order valence-electron chi connectivity index (χ1n) is 7.06. The molecule has 2 atom stereocenters. The van der Waals surface area contributed by atoms with Crippen molar-refractivity contribution in [2.24, 2.45) is 5.41 Å². The molecular formula is C14H24N2O5. The van der Waals surface area contributed by atoms with Crippen molar-refractivity contribution in [2.45, 2.75) is 52.1 Å². The molecule has 0 aromatic carbocycles. The summed E-state index contributed by atoms with van der Waals surface area (Å²) in [5.74, 6) is -1.56. The number of ether oxygens (including phenoxy) is 1. The number of rotatable bonds is 3. The van der Waals surface area contributed by atoms with Crippen LogP contribution < -0.4 is 5.32 Å². The molecule has 1 saturated heterocycles. The number of nitrogens with one attached hydrogen (secondary N) is 1. The highest BCUT2D eigenvalue weighted by molar-refractivity contribution is 5.87. The van der Waals surface area contributed by atoms with Gasteiger partial charge in [0.2, 0.25) is 0 Å². The lowest BCUT2D eigenvalue weighted by Crippen LogP contribution is -2.58. The number of amides is 2. The minimum absolute atomic E-state index is 0.419. The molecule has 0 bridgehead atoms. The zero-order valence-corrected chi connectivity index (χ0v) is 13.0. The maximum absolute atomic E-state index is 12.3. The van der Waals surface area contributed by atoms with Crippen LogP contribution in [0.1, 0.15) is 40.0 Å². The summed E-state index contributed by atoms with van der Waals surface area (Å²) in [5.41, 5.74) is -0.627. The number of likely N-dealkylation sites (tertiary alicyclic amines) is 1. The Balaban J connectivity index is 2.84. The summed E-state index contributed by atoms with van der Waals surface area (Å²) in [7, 11) is 1.28. The minimum atomic E-state index is -1.09. The second kappa shape index (κ2) is 6.78. The Morgan fingerprint density at radius 1 is 1.29 bits per heavy atom. The maximum Gasteiger partial charge on any atom is 0.328 e. The first-order valence-corrected chi connectivity index (χ1v) is 7.06. The molecule has 1 heterocycles. The van der Waals surface area contributed by atoms with E-state index in [4.69, 9.17) is 4.74 Å². The molecule has 0 aromatic heterocycles. The monoisotopic (exact) mass is 300 g/mol. The molecule has 1 fully saturated rings. The number of piperidine rings is 1. The Hall–Kier alpha value is -1.79. The van der Waals surface area contributed by atoms with Crippen LogP contribution in [0.15, 0.2) is 0 Å². The first-order chi connectivity index (χ1) is 9.68. The normalized spacial score (nSPS) is 20.6. The van der Waals surface area contributed by atoms with Crippen molar-refractivity contribution in [1.82, 2.24) is 10.2 Å². The third-order valence-electron chi connectivity index (χ3n) is 3.62. The minimum Gasteiger partial charge on any atom is -0.480 e. The number of carboxylic acids is 1. The first kappa shape index (κ1) is 17.3. The van der Waals surface area contributed by atoms with Crippen LogP contribution >= 0.6 is 0 Å². The summed E-state index contributed by atoms with van der Waals surface area (Å²) in [6.07, 6.45) is 2.16. The zero-order chi connectivity index (χ0) is 16.2. The van der Waals surface area contributed by atoms with Crippen molar-refractivity contribution >= 4 is 18.0 Å². The van der Waals surface area contributed by atoms with Gasteiger partial charge in [-0.1, -0.05) is 20.8 Å². The Morgan fingerprint density at radius 2 is 1.90 bits per heavy atom. The summed E-state index contributed by atoms with van der Waals surface area (Å²) < 4.78 is 4.71. The average molecular weight is 300 g/mol. The Bertz CT molecular complexity index is 416. The van der Waals surface area contributed by atoms with Gasteiger partial charge in [0.1, 0.15) is 12.1 Å². The van der Waals surface area contributed by atoms with E-state index in [2.05, 4.69) is 5.32 Å². The van der Waals surface area contributed by atoms with Gasteiger partial charge in [0, 0.05) is 6.54 Å². The lowest BCUT2D eigenvalue weighted by Gasteiger charge is -2.36. The highest BCUT2D eigenvalue weighted by Gasteiger charge is 2.37. The van der Waals surface area contributed by atoms with Gasteiger partial charge in [-0.15, -0.1) is 0 Å². The van der Waals surface area contributed by atoms with Gasteiger partial charge in [0.15, 0.2) is 0 Å². The number of carbonyl (C=O) groups is 3. The van der Waals surface area contributed by atoms with E-state index in [0.717, 1.165) is 12.8 Å². The molecule has 2 amide bonds. The van der Waals surface area contributed by atoms with Crippen LogP contribution in [0.25, 0.3) is 0 Å². The van der Waals surface area contributed by atoms with Gasteiger partial charge in [-0.25, -0.2) is 14.4 Å². The molecule has 0 radical (unpaired) electrons. The third kappa shape index (κ3) is 4.34. The van der Waals surface area contributed by atoms with E-state index >= 15 is 0 Å². The van der Waals surface area contributed by atoms with E-state index in [1.807, 2.05) is 0 Å². The Labute approximate surface area is 124 Å². The highest BCUT2D eigenvalue weighted by Crippen LogP contribution is 2.22. The number of urea groups is 1. The number of methoxy groups -OCH3 is 1. The van der Waals surface area contributed by atoms with Crippen molar-refractivity contribution in [1.29, 1.82) is 0 Å². The fraction of sp³-hybridized carbons (Fsp3) is 0.786. The fourth-order valence-electron chi connectivity index (χ4n) is 2.41. The van der Waals surface area contributed by atoms with Crippen LogP contribution in [0, 0.1) is 5.41 Å². The Kier molecular flexibility index (Phi) is 5.57. The van der Waals surface area contributed by atoms with Crippen molar-refractivity contribution in [3.63, 3.8) is 0 Å². The Morgan fingerprint density at radius 3 is 2.38 bits per heavy atom. The van der Waals surface area contributed by atoms with Crippen molar-refractivity contribution < 1.29 is 24.2 Å². The van der Waals surface area contributed by atoms with Crippen LogP contribution in [-0.4, -0.2) is 53.7 Å². The maximum atomic E-state index is 12.3. The van der Waals surface area contributed by atoms with Crippen molar-refractivity contribution in [2.75, 3.05) is 13.7 Å². The van der Waals surface area contributed by atoms with Crippen LogP contribution in [0.5, 0.6) is 0 Å². The molecule has 1 rings (SSSR count). The lowest BCUT2D eigenvalue weighted by molar-refractivity contribution is -0.147. The van der Waals surface area contributed by atoms with Gasteiger partial charge in [0.25, 0.3) is 0 Å². The van der Waals surface area contributed by atoms with E-state index in [9.17, 15) is 19.5 Å². The number of carbonyl (C=O) groups excluding carboxylic acids is 2. The number of hydrogen-bond donors (Lipinski definition) is 2. The van der Waals surface area contributed by atoms with Gasteiger partial charge >= 0.3 is 18.0 Å². The van der Waals surface area contributed by atoms with Crippen LogP contribution in [0.4, 0.5) is 4.79 Å². The van der Waals surface area contributed by atoms with E-state index < -0.39 is 35.5 Å². The lowest BCUT2D eigenvalue weighted by atomic mass is 9.87. The molecule has 0 saturated carbocycles. The van der Waals surface area contributed by atoms with Gasteiger partial charge in [0.05, 0.1) is 7.11 Å². The predicted octanol–water partition coefficient (Wildman–Crippen LogP) is 1.22. The SMILES string of the molecule is COC(=O)C1CCCCN1C(=O)N[C@H](C(=O)O)C(C)(C)C. The number of hydrogen-bond acceptors (Lipinski definition) is 4. The van der Waals surface area contributed by atoms with Crippen LogP contribution in [0.2, 0.25) is 0 Å². The quantitative estimate of drug-likeness (QED) is 0.764. The molecule has 21 heavy (non-hydrogen) atoms. The van der Waals surface area contributed by atoms with Gasteiger partial charge < -0.3 is 20.1 Å². The van der Waals surface area contributed by atoms with Crippen LogP contribution in [-0.2, 0) is 14.3 Å². The molecule has 1 aliphatic rings. The summed E-state index contributed by atoms with van der Waals surface area (Å²) in [5, 5.41) is 11.8. The van der Waals surface area contributed by atoms with Gasteiger partial charge in [-0.2, -0.15) is 0 Å². The number of aliphatic carboxylic acids is 1. The van der Waals surface area contributed by atoms with E-state index in [0.29, 0.717) is 13.0 Å².